The Morgan fingerprint density at radius 3 is 2.47 bits per heavy atom. The lowest BCUT2D eigenvalue weighted by Gasteiger charge is -2.10. The van der Waals surface area contributed by atoms with Gasteiger partial charge in [0, 0.05) is 6.07 Å². The van der Waals surface area contributed by atoms with Crippen LogP contribution in [0.5, 0.6) is 0 Å². The van der Waals surface area contributed by atoms with E-state index in [4.69, 9.17) is 4.42 Å². The summed E-state index contributed by atoms with van der Waals surface area (Å²) in [7, 11) is 0. The second-order valence-corrected chi connectivity index (χ2v) is 6.94. The molecule has 0 fully saturated rings. The number of hydrogen-bond donors (Lipinski definition) is 0. The fourth-order valence-corrected chi connectivity index (χ4v) is 3.22. The number of furan rings is 1. The molecule has 32 heavy (non-hydrogen) atoms. The first-order valence-electron chi connectivity index (χ1n) is 9.28. The first-order chi connectivity index (χ1) is 15.1. The molecule has 162 valence electrons. The van der Waals surface area contributed by atoms with Crippen molar-refractivity contribution < 1.29 is 27.3 Å². The number of rotatable bonds is 4. The van der Waals surface area contributed by atoms with E-state index in [1.807, 2.05) is 0 Å². The van der Waals surface area contributed by atoms with Gasteiger partial charge in [0.15, 0.2) is 5.71 Å². The van der Waals surface area contributed by atoms with Gasteiger partial charge in [-0.15, -0.1) is 0 Å². The lowest BCUT2D eigenvalue weighted by Crippen LogP contribution is -2.25. The molecule has 0 saturated heterocycles. The number of carbonyl (C=O) groups excluding carboxylic acids is 1. The topological polar surface area (TPSA) is 89.0 Å². The zero-order valence-electron chi connectivity index (χ0n) is 16.5. The van der Waals surface area contributed by atoms with E-state index in [-0.39, 0.29) is 28.5 Å². The number of hydrazone groups is 1. The largest absolute Gasteiger partial charge is 0.456 e. The van der Waals surface area contributed by atoms with Gasteiger partial charge in [0.2, 0.25) is 0 Å². The maximum Gasteiger partial charge on any atom is 0.435 e. The molecule has 0 radical (unpaired) electrons. The van der Waals surface area contributed by atoms with E-state index in [1.54, 1.807) is 31.2 Å². The van der Waals surface area contributed by atoms with Crippen molar-refractivity contribution in [3.05, 3.63) is 87.7 Å². The van der Waals surface area contributed by atoms with Crippen LogP contribution in [0.2, 0.25) is 0 Å². The van der Waals surface area contributed by atoms with E-state index in [0.717, 1.165) is 6.08 Å². The molecule has 2 heterocycles. The third kappa shape index (κ3) is 3.89. The summed E-state index contributed by atoms with van der Waals surface area (Å²) >= 11 is 0. The quantitative estimate of drug-likeness (QED) is 0.303. The van der Waals surface area contributed by atoms with Crippen LogP contribution in [0.1, 0.15) is 11.3 Å². The molecule has 1 aliphatic rings. The standard InChI is InChI=1S/C22H14F3N3O4/c1-13-7-9-16(18(11-13)28(30)31)19-10-8-15(32-19)12-17-20(22(23,24)25)26-27(21(17)29)14-5-3-2-4-6-14/h2-12H,1H3/b17-12-. The fourth-order valence-electron chi connectivity index (χ4n) is 3.22. The molecule has 0 spiro atoms. The van der Waals surface area contributed by atoms with Crippen molar-refractivity contribution in [1.82, 2.24) is 0 Å². The Morgan fingerprint density at radius 2 is 1.81 bits per heavy atom. The van der Waals surface area contributed by atoms with E-state index in [1.165, 1.54) is 36.4 Å². The molecule has 1 aromatic heterocycles. The number of hydrogen-bond acceptors (Lipinski definition) is 5. The van der Waals surface area contributed by atoms with Crippen molar-refractivity contribution in [2.24, 2.45) is 5.10 Å². The molecule has 1 aliphatic heterocycles. The van der Waals surface area contributed by atoms with Crippen LogP contribution in [0.15, 0.2) is 75.8 Å². The number of benzene rings is 2. The molecule has 3 aromatic rings. The predicted molar refractivity (Wildman–Crippen MR) is 111 cm³/mol. The van der Waals surface area contributed by atoms with Crippen LogP contribution in [0.25, 0.3) is 17.4 Å². The summed E-state index contributed by atoms with van der Waals surface area (Å²) in [6, 6.07) is 14.9. The Balaban J connectivity index is 1.75. The van der Waals surface area contributed by atoms with Gasteiger partial charge in [-0.05, 0) is 48.9 Å². The fraction of sp³-hybridized carbons (Fsp3) is 0.0909. The molecule has 2 aromatic carbocycles. The van der Waals surface area contributed by atoms with Crippen LogP contribution in [-0.4, -0.2) is 22.7 Å². The van der Waals surface area contributed by atoms with E-state index in [2.05, 4.69) is 5.10 Å². The molecule has 10 heteroatoms. The number of carbonyl (C=O) groups is 1. The Morgan fingerprint density at radius 1 is 1.09 bits per heavy atom. The van der Waals surface area contributed by atoms with Crippen LogP contribution < -0.4 is 5.01 Å². The number of nitro benzene ring substituents is 1. The molecule has 0 aliphatic carbocycles. The highest BCUT2D eigenvalue weighted by Gasteiger charge is 2.47. The Kier molecular flexibility index (Phi) is 5.13. The average molecular weight is 441 g/mol. The smallest absolute Gasteiger partial charge is 0.435 e. The van der Waals surface area contributed by atoms with Gasteiger partial charge in [-0.2, -0.15) is 23.3 Å². The van der Waals surface area contributed by atoms with Gasteiger partial charge in [-0.25, -0.2) is 0 Å². The number of halogens is 3. The number of alkyl halides is 3. The number of para-hydroxylation sites is 1. The van der Waals surface area contributed by atoms with Crippen molar-refractivity contribution in [3.8, 4) is 11.3 Å². The third-order valence-electron chi connectivity index (χ3n) is 4.68. The number of amides is 1. The van der Waals surface area contributed by atoms with Gasteiger partial charge in [0.05, 0.1) is 21.7 Å². The van der Waals surface area contributed by atoms with Gasteiger partial charge >= 0.3 is 6.18 Å². The molecular weight excluding hydrogens is 427 g/mol. The molecule has 0 bridgehead atoms. The summed E-state index contributed by atoms with van der Waals surface area (Å²) in [6.45, 7) is 1.69. The third-order valence-corrected chi connectivity index (χ3v) is 4.68. The van der Waals surface area contributed by atoms with Crippen molar-refractivity contribution in [3.63, 3.8) is 0 Å². The molecule has 1 amide bonds. The number of nitrogens with zero attached hydrogens (tertiary/aromatic N) is 3. The van der Waals surface area contributed by atoms with E-state index >= 15 is 0 Å². The molecule has 0 unspecified atom stereocenters. The van der Waals surface area contributed by atoms with Crippen molar-refractivity contribution in [2.75, 3.05) is 5.01 Å². The van der Waals surface area contributed by atoms with Crippen LogP contribution >= 0.6 is 0 Å². The van der Waals surface area contributed by atoms with Gasteiger partial charge in [-0.3, -0.25) is 14.9 Å². The van der Waals surface area contributed by atoms with Crippen LogP contribution in [-0.2, 0) is 4.79 Å². The Bertz CT molecular complexity index is 1280. The van der Waals surface area contributed by atoms with Gasteiger partial charge in [0.1, 0.15) is 11.5 Å². The van der Waals surface area contributed by atoms with Gasteiger partial charge in [0.25, 0.3) is 11.6 Å². The maximum atomic E-state index is 13.6. The highest BCUT2D eigenvalue weighted by atomic mass is 19.4. The van der Waals surface area contributed by atoms with Crippen LogP contribution in [0, 0.1) is 17.0 Å². The highest BCUT2D eigenvalue weighted by molar-refractivity contribution is 6.34. The Hall–Kier alpha value is -4.21. The zero-order valence-corrected chi connectivity index (χ0v) is 16.5. The van der Waals surface area contributed by atoms with Crippen molar-refractivity contribution >= 4 is 29.1 Å². The normalized spacial score (nSPS) is 15.4. The van der Waals surface area contributed by atoms with Crippen LogP contribution in [0.4, 0.5) is 24.5 Å². The molecule has 0 atom stereocenters. The molecule has 0 saturated carbocycles. The van der Waals surface area contributed by atoms with Crippen molar-refractivity contribution in [2.45, 2.75) is 13.1 Å². The summed E-state index contributed by atoms with van der Waals surface area (Å²) in [5.41, 5.74) is -1.25. The van der Waals surface area contributed by atoms with Gasteiger partial charge in [-0.1, -0.05) is 24.3 Å². The minimum atomic E-state index is -4.88. The lowest BCUT2D eigenvalue weighted by atomic mass is 10.1. The zero-order chi connectivity index (χ0) is 23.0. The second-order valence-electron chi connectivity index (χ2n) is 6.94. The van der Waals surface area contributed by atoms with Crippen LogP contribution in [0.3, 0.4) is 0 Å². The maximum absolute atomic E-state index is 13.6. The second kappa shape index (κ2) is 7.80. The lowest BCUT2D eigenvalue weighted by molar-refractivity contribution is -0.384. The number of anilines is 1. The van der Waals surface area contributed by atoms with E-state index < -0.39 is 28.3 Å². The summed E-state index contributed by atoms with van der Waals surface area (Å²) in [6.07, 6.45) is -3.95. The molecule has 4 rings (SSSR count). The van der Waals surface area contributed by atoms with Crippen molar-refractivity contribution in [1.29, 1.82) is 0 Å². The monoisotopic (exact) mass is 441 g/mol. The molecular formula is C22H14F3N3O4. The summed E-state index contributed by atoms with van der Waals surface area (Å²) < 4.78 is 46.2. The summed E-state index contributed by atoms with van der Waals surface area (Å²) in [4.78, 5) is 23.5. The minimum absolute atomic E-state index is 0.0786. The number of nitro groups is 1. The van der Waals surface area contributed by atoms with E-state index in [9.17, 15) is 28.1 Å². The Labute approximate surface area is 179 Å². The molecule has 7 nitrogen and oxygen atoms in total. The first-order valence-corrected chi connectivity index (χ1v) is 9.28. The summed E-state index contributed by atoms with van der Waals surface area (Å²) in [5, 5.41) is 15.5. The highest BCUT2D eigenvalue weighted by Crippen LogP contribution is 2.35. The van der Waals surface area contributed by atoms with Gasteiger partial charge < -0.3 is 4.42 Å². The average Bonchev–Trinajstić information content (AvgIpc) is 3.34. The first kappa shape index (κ1) is 21.0. The molecule has 0 N–H and O–H groups in total. The van der Waals surface area contributed by atoms with E-state index in [0.29, 0.717) is 10.6 Å². The summed E-state index contributed by atoms with van der Waals surface area (Å²) in [5.74, 6) is -0.965. The number of aryl methyl sites for hydroxylation is 1. The SMILES string of the molecule is Cc1ccc(-c2ccc(/C=C3\C(=O)N(c4ccccc4)N=C3C(F)(F)F)o2)c([N+](=O)[O-])c1. The predicted octanol–water partition coefficient (Wildman–Crippen LogP) is 5.51. The minimum Gasteiger partial charge on any atom is -0.456 e.